The number of amides is 1. The van der Waals surface area contributed by atoms with Crippen molar-refractivity contribution in [1.29, 1.82) is 0 Å². The fraction of sp³-hybridized carbons (Fsp3) is 0.0526. The first-order valence-corrected chi connectivity index (χ1v) is 9.50. The molecule has 1 aromatic carbocycles. The van der Waals surface area contributed by atoms with E-state index in [0.29, 0.717) is 5.57 Å². The highest BCUT2D eigenvalue weighted by molar-refractivity contribution is 7.12. The van der Waals surface area contributed by atoms with Gasteiger partial charge in [0.05, 0.1) is 5.57 Å². The highest BCUT2D eigenvalue weighted by Crippen LogP contribution is 2.25. The van der Waals surface area contributed by atoms with Crippen molar-refractivity contribution in [2.24, 2.45) is 0 Å². The zero-order valence-electron chi connectivity index (χ0n) is 13.8. The molecule has 0 saturated carbocycles. The van der Waals surface area contributed by atoms with Gasteiger partial charge in [-0.05, 0) is 41.1 Å². The minimum absolute atomic E-state index is 0.0718. The maximum absolute atomic E-state index is 13.2. The summed E-state index contributed by atoms with van der Waals surface area (Å²) in [6.07, 6.45) is 1.70. The van der Waals surface area contributed by atoms with Crippen molar-refractivity contribution >= 4 is 51.9 Å². The normalized spacial score (nSPS) is 11.3. The number of hydrogen-bond donors (Lipinski definition) is 1. The highest BCUT2D eigenvalue weighted by atomic mass is 32.1. The van der Waals surface area contributed by atoms with Crippen molar-refractivity contribution in [3.05, 3.63) is 74.6 Å². The Morgan fingerprint density at radius 1 is 1.04 bits per heavy atom. The molecule has 2 heterocycles. The molecule has 0 radical (unpaired) electrons. The fourth-order valence-electron chi connectivity index (χ4n) is 2.16. The van der Waals surface area contributed by atoms with Gasteiger partial charge >= 0.3 is 5.97 Å². The van der Waals surface area contributed by atoms with E-state index in [2.05, 4.69) is 5.32 Å². The number of ether oxygens (including phenoxy) is 1. The topological polar surface area (TPSA) is 55.4 Å². The third kappa shape index (κ3) is 5.08. The Labute approximate surface area is 161 Å². The summed E-state index contributed by atoms with van der Waals surface area (Å²) in [4.78, 5) is 26.0. The molecule has 27 heavy (non-hydrogen) atoms. The third-order valence-electron chi connectivity index (χ3n) is 3.37. The van der Waals surface area contributed by atoms with E-state index in [0.717, 1.165) is 21.9 Å². The van der Waals surface area contributed by atoms with Crippen molar-refractivity contribution in [2.45, 2.75) is 0 Å². The van der Waals surface area contributed by atoms with Crippen LogP contribution in [0.3, 0.4) is 0 Å². The van der Waals surface area contributed by atoms with Crippen LogP contribution in [0.15, 0.2) is 53.2 Å². The number of esters is 1. The smallest absolute Gasteiger partial charge is 0.340 e. The molecular weight excluding hydrogens is 392 g/mol. The zero-order chi connectivity index (χ0) is 19.2. The van der Waals surface area contributed by atoms with Gasteiger partial charge in [-0.3, -0.25) is 4.79 Å². The van der Waals surface area contributed by atoms with Crippen molar-refractivity contribution in [1.82, 2.24) is 0 Å². The summed E-state index contributed by atoms with van der Waals surface area (Å²) >= 11 is 2.85. The van der Waals surface area contributed by atoms with Gasteiger partial charge in [0, 0.05) is 21.5 Å². The maximum Gasteiger partial charge on any atom is 0.340 e. The van der Waals surface area contributed by atoms with Gasteiger partial charge < -0.3 is 10.1 Å². The summed E-state index contributed by atoms with van der Waals surface area (Å²) in [6, 6.07) is 10.3. The minimum atomic E-state index is -1.08. The first kappa shape index (κ1) is 18.9. The monoisotopic (exact) mass is 405 g/mol. The van der Waals surface area contributed by atoms with E-state index in [1.807, 2.05) is 29.0 Å². The number of hydrogen-bond acceptors (Lipinski definition) is 5. The van der Waals surface area contributed by atoms with Crippen LogP contribution in [0.1, 0.15) is 9.75 Å². The lowest BCUT2D eigenvalue weighted by Crippen LogP contribution is -2.21. The van der Waals surface area contributed by atoms with Gasteiger partial charge in [0.25, 0.3) is 5.91 Å². The largest absolute Gasteiger partial charge is 0.452 e. The van der Waals surface area contributed by atoms with E-state index in [4.69, 9.17) is 4.74 Å². The Balaban J connectivity index is 1.65. The van der Waals surface area contributed by atoms with Crippen LogP contribution in [0.2, 0.25) is 0 Å². The number of thiophene rings is 2. The molecule has 4 nitrogen and oxygen atoms in total. The molecule has 3 rings (SSSR count). The van der Waals surface area contributed by atoms with Crippen LogP contribution in [-0.4, -0.2) is 18.5 Å². The molecule has 0 bridgehead atoms. The van der Waals surface area contributed by atoms with Crippen LogP contribution in [-0.2, 0) is 14.3 Å². The molecule has 0 spiro atoms. The number of benzene rings is 1. The molecule has 138 valence electrons. The van der Waals surface area contributed by atoms with Gasteiger partial charge in [-0.25, -0.2) is 13.6 Å². The third-order valence-corrected chi connectivity index (χ3v) is 5.10. The molecule has 2 aromatic heterocycles. The second-order valence-corrected chi connectivity index (χ2v) is 7.23. The number of anilines is 1. The summed E-state index contributed by atoms with van der Waals surface area (Å²) < 4.78 is 31.2. The molecule has 1 amide bonds. The van der Waals surface area contributed by atoms with Gasteiger partial charge in [0.1, 0.15) is 0 Å². The summed E-state index contributed by atoms with van der Waals surface area (Å²) in [7, 11) is 0. The van der Waals surface area contributed by atoms with E-state index >= 15 is 0 Å². The van der Waals surface area contributed by atoms with Gasteiger partial charge in [0.15, 0.2) is 18.2 Å². The number of rotatable bonds is 6. The van der Waals surface area contributed by atoms with Crippen LogP contribution in [0, 0.1) is 11.6 Å². The Morgan fingerprint density at radius 3 is 2.48 bits per heavy atom. The van der Waals surface area contributed by atoms with Crippen molar-refractivity contribution in [2.75, 3.05) is 11.9 Å². The first-order valence-electron chi connectivity index (χ1n) is 7.74. The zero-order valence-corrected chi connectivity index (χ0v) is 15.4. The Kier molecular flexibility index (Phi) is 6.10. The predicted molar refractivity (Wildman–Crippen MR) is 102 cm³/mol. The van der Waals surface area contributed by atoms with E-state index in [1.165, 1.54) is 28.7 Å². The van der Waals surface area contributed by atoms with Crippen molar-refractivity contribution < 1.29 is 23.1 Å². The van der Waals surface area contributed by atoms with Crippen LogP contribution in [0.4, 0.5) is 14.5 Å². The molecule has 0 aliphatic rings. The van der Waals surface area contributed by atoms with Gasteiger partial charge in [-0.1, -0.05) is 12.1 Å². The molecule has 8 heteroatoms. The Hall–Kier alpha value is -2.84. The van der Waals surface area contributed by atoms with Crippen molar-refractivity contribution in [3.8, 4) is 0 Å². The molecule has 0 aliphatic heterocycles. The molecule has 0 unspecified atom stereocenters. The van der Waals surface area contributed by atoms with E-state index in [-0.39, 0.29) is 5.69 Å². The quantitative estimate of drug-likeness (QED) is 0.473. The van der Waals surface area contributed by atoms with Crippen LogP contribution >= 0.6 is 22.7 Å². The van der Waals surface area contributed by atoms with Gasteiger partial charge in [-0.15, -0.1) is 22.7 Å². The number of carbonyl (C=O) groups excluding carboxylic acids is 2. The predicted octanol–water partition coefficient (Wildman–Crippen LogP) is 4.81. The molecular formula is C19H13F2NO3S2. The Morgan fingerprint density at radius 2 is 1.81 bits per heavy atom. The highest BCUT2D eigenvalue weighted by Gasteiger charge is 2.17. The van der Waals surface area contributed by atoms with E-state index < -0.39 is 30.1 Å². The Bertz CT molecular complexity index is 967. The minimum Gasteiger partial charge on any atom is -0.452 e. The molecule has 0 aliphatic carbocycles. The average molecular weight is 405 g/mol. The first-order chi connectivity index (χ1) is 13.0. The lowest BCUT2D eigenvalue weighted by atomic mass is 10.2. The standard InChI is InChI=1S/C19H13F2NO3S2/c20-15-6-5-12(9-16(15)21)22-18(23)11-25-19(24)14(17-4-2-8-27-17)10-13-3-1-7-26-13/h1-10H,11H2,(H,22,23)/b14-10+. The number of nitrogens with one attached hydrogen (secondary N) is 1. The average Bonchev–Trinajstić information content (AvgIpc) is 3.34. The number of carbonyl (C=O) groups is 2. The maximum atomic E-state index is 13.2. The lowest BCUT2D eigenvalue weighted by Gasteiger charge is -2.08. The van der Waals surface area contributed by atoms with Crippen molar-refractivity contribution in [3.63, 3.8) is 0 Å². The fourth-order valence-corrected chi connectivity index (χ4v) is 3.55. The molecule has 0 fully saturated rings. The van der Waals surface area contributed by atoms with E-state index in [1.54, 1.807) is 12.1 Å². The van der Waals surface area contributed by atoms with Crippen LogP contribution < -0.4 is 5.32 Å². The van der Waals surface area contributed by atoms with Crippen LogP contribution in [0.25, 0.3) is 11.6 Å². The summed E-state index contributed by atoms with van der Waals surface area (Å²) in [5.74, 6) is -3.40. The van der Waals surface area contributed by atoms with Gasteiger partial charge in [0.2, 0.25) is 0 Å². The number of halogens is 2. The molecule has 0 saturated heterocycles. The van der Waals surface area contributed by atoms with Gasteiger partial charge in [-0.2, -0.15) is 0 Å². The molecule has 1 N–H and O–H groups in total. The summed E-state index contributed by atoms with van der Waals surface area (Å²) in [6.45, 7) is -0.551. The van der Waals surface area contributed by atoms with Crippen LogP contribution in [0.5, 0.6) is 0 Å². The summed E-state index contributed by atoms with van der Waals surface area (Å²) in [5, 5.41) is 6.07. The van der Waals surface area contributed by atoms with E-state index in [9.17, 15) is 18.4 Å². The molecule has 3 aromatic rings. The second-order valence-electron chi connectivity index (χ2n) is 5.30. The molecule has 0 atom stereocenters. The summed E-state index contributed by atoms with van der Waals surface area (Å²) in [5.41, 5.74) is 0.413. The SMILES string of the molecule is O=C(COC(=O)/C(=C/c1cccs1)c1cccs1)Nc1ccc(F)c(F)c1. The second kappa shape index (κ2) is 8.70. The lowest BCUT2D eigenvalue weighted by molar-refractivity contribution is -0.141.